The molecule has 2 aromatic carbocycles. The SMILES string of the molecule is Cc1cc(C)c(Cc2c[se]c(-c3ccccc3)n2)c(C)c1. The Kier molecular flexibility index (Phi) is 4.10. The predicted molar refractivity (Wildman–Crippen MR) is 90.1 cm³/mol. The van der Waals surface area contributed by atoms with Gasteiger partial charge in [0.2, 0.25) is 0 Å². The van der Waals surface area contributed by atoms with E-state index >= 15 is 0 Å². The molecule has 0 aliphatic carbocycles. The van der Waals surface area contributed by atoms with Crippen LogP contribution in [0.4, 0.5) is 0 Å². The number of hydrogen-bond donors (Lipinski definition) is 0. The molecule has 1 aromatic heterocycles. The van der Waals surface area contributed by atoms with Crippen molar-refractivity contribution in [2.75, 3.05) is 0 Å². The summed E-state index contributed by atoms with van der Waals surface area (Å²) < 4.78 is 1.25. The van der Waals surface area contributed by atoms with Crippen molar-refractivity contribution in [3.05, 3.63) is 75.4 Å². The summed E-state index contributed by atoms with van der Waals surface area (Å²) in [7, 11) is 0. The normalized spacial score (nSPS) is 10.8. The van der Waals surface area contributed by atoms with Gasteiger partial charge in [0.15, 0.2) is 0 Å². The van der Waals surface area contributed by atoms with Crippen molar-refractivity contribution in [1.82, 2.24) is 4.98 Å². The van der Waals surface area contributed by atoms with Crippen LogP contribution < -0.4 is 0 Å². The topological polar surface area (TPSA) is 12.9 Å². The molecule has 21 heavy (non-hydrogen) atoms. The summed E-state index contributed by atoms with van der Waals surface area (Å²) in [6.45, 7) is 6.57. The van der Waals surface area contributed by atoms with E-state index in [-0.39, 0.29) is 0 Å². The summed E-state index contributed by atoms with van der Waals surface area (Å²) in [6, 6.07) is 15.1. The second-order valence-corrected chi connectivity index (χ2v) is 7.36. The van der Waals surface area contributed by atoms with Crippen LogP contribution in [-0.4, -0.2) is 19.5 Å². The predicted octanol–water partition coefficient (Wildman–Crippen LogP) is 4.32. The molecule has 3 aromatic rings. The summed E-state index contributed by atoms with van der Waals surface area (Å²) in [5, 5.41) is 0. The van der Waals surface area contributed by atoms with Gasteiger partial charge >= 0.3 is 132 Å². The van der Waals surface area contributed by atoms with E-state index in [0.717, 1.165) is 6.42 Å². The van der Waals surface area contributed by atoms with E-state index in [9.17, 15) is 0 Å². The first kappa shape index (κ1) is 14.3. The van der Waals surface area contributed by atoms with Gasteiger partial charge in [-0.3, -0.25) is 0 Å². The van der Waals surface area contributed by atoms with Crippen molar-refractivity contribution in [3.8, 4) is 10.1 Å². The average molecular weight is 340 g/mol. The van der Waals surface area contributed by atoms with E-state index in [1.54, 1.807) is 0 Å². The third-order valence-corrected chi connectivity index (χ3v) is 5.74. The Morgan fingerprint density at radius 1 is 0.952 bits per heavy atom. The Balaban J connectivity index is 1.89. The Morgan fingerprint density at radius 2 is 1.62 bits per heavy atom. The molecule has 0 radical (unpaired) electrons. The molecule has 0 atom stereocenters. The summed E-state index contributed by atoms with van der Waals surface area (Å²) in [6.07, 6.45) is 0.954. The Bertz CT molecular complexity index is 733. The molecular formula is C19H19NSe. The molecule has 0 saturated heterocycles. The minimum absolute atomic E-state index is 0.364. The zero-order chi connectivity index (χ0) is 14.8. The van der Waals surface area contributed by atoms with Crippen molar-refractivity contribution in [2.24, 2.45) is 0 Å². The zero-order valence-electron chi connectivity index (χ0n) is 12.7. The van der Waals surface area contributed by atoms with Crippen molar-refractivity contribution < 1.29 is 0 Å². The molecule has 0 saturated carbocycles. The molecule has 1 nitrogen and oxygen atoms in total. The van der Waals surface area contributed by atoms with Crippen LogP contribution in [0.15, 0.2) is 47.4 Å². The number of benzene rings is 2. The molecule has 0 fully saturated rings. The molecular weight excluding hydrogens is 321 g/mol. The number of rotatable bonds is 3. The molecule has 3 rings (SSSR count). The zero-order valence-corrected chi connectivity index (χ0v) is 14.4. The quantitative estimate of drug-likeness (QED) is 0.647. The fourth-order valence-electron chi connectivity index (χ4n) is 2.77. The molecule has 1 heterocycles. The number of hydrogen-bond acceptors (Lipinski definition) is 1. The molecule has 0 aliphatic rings. The molecule has 0 N–H and O–H groups in total. The minimum atomic E-state index is 0.364. The van der Waals surface area contributed by atoms with E-state index in [1.165, 1.54) is 38.1 Å². The molecule has 0 unspecified atom stereocenters. The third-order valence-electron chi connectivity index (χ3n) is 3.77. The standard InChI is InChI=1S/C19H19NSe/c1-13-9-14(2)18(15(3)10-13)11-17-12-21-19(20-17)16-7-5-4-6-8-16/h4-10,12H,11H2,1-3H3. The maximum absolute atomic E-state index is 4.86. The number of nitrogens with zero attached hydrogens (tertiary/aromatic N) is 1. The molecule has 106 valence electrons. The second-order valence-electron chi connectivity index (χ2n) is 5.56. The van der Waals surface area contributed by atoms with Crippen molar-refractivity contribution >= 4 is 14.5 Å². The fourth-order valence-corrected chi connectivity index (χ4v) is 4.50. The Labute approximate surface area is 132 Å². The van der Waals surface area contributed by atoms with Crippen LogP contribution in [0, 0.1) is 20.8 Å². The second kappa shape index (κ2) is 6.01. The summed E-state index contributed by atoms with van der Waals surface area (Å²) >= 11 is 0.364. The molecule has 0 spiro atoms. The van der Waals surface area contributed by atoms with Gasteiger partial charge in [-0.15, -0.1) is 0 Å². The van der Waals surface area contributed by atoms with Gasteiger partial charge in [0, 0.05) is 0 Å². The summed E-state index contributed by atoms with van der Waals surface area (Å²) in [5.74, 6) is 0. The van der Waals surface area contributed by atoms with E-state index < -0.39 is 0 Å². The van der Waals surface area contributed by atoms with E-state index in [0.29, 0.717) is 14.5 Å². The van der Waals surface area contributed by atoms with Gasteiger partial charge in [-0.05, 0) is 0 Å². The Morgan fingerprint density at radius 3 is 2.29 bits per heavy atom. The first-order chi connectivity index (χ1) is 10.1. The van der Waals surface area contributed by atoms with Gasteiger partial charge in [0.25, 0.3) is 0 Å². The van der Waals surface area contributed by atoms with Gasteiger partial charge in [-0.25, -0.2) is 0 Å². The monoisotopic (exact) mass is 341 g/mol. The van der Waals surface area contributed by atoms with Crippen molar-refractivity contribution in [2.45, 2.75) is 27.2 Å². The van der Waals surface area contributed by atoms with Crippen LogP contribution in [0.25, 0.3) is 10.1 Å². The first-order valence-corrected chi connectivity index (χ1v) is 9.04. The van der Waals surface area contributed by atoms with Gasteiger partial charge in [-0.2, -0.15) is 0 Å². The van der Waals surface area contributed by atoms with E-state index in [2.05, 4.69) is 68.2 Å². The van der Waals surface area contributed by atoms with Gasteiger partial charge in [0.05, 0.1) is 0 Å². The Hall–Kier alpha value is -1.63. The van der Waals surface area contributed by atoms with Crippen LogP contribution in [0.3, 0.4) is 0 Å². The van der Waals surface area contributed by atoms with Crippen LogP contribution in [0.2, 0.25) is 0 Å². The summed E-state index contributed by atoms with van der Waals surface area (Å²) in [5.41, 5.74) is 8.02. The van der Waals surface area contributed by atoms with Gasteiger partial charge in [0.1, 0.15) is 0 Å². The number of aromatic nitrogens is 1. The van der Waals surface area contributed by atoms with Crippen molar-refractivity contribution in [1.29, 1.82) is 0 Å². The van der Waals surface area contributed by atoms with Crippen LogP contribution in [-0.2, 0) is 6.42 Å². The van der Waals surface area contributed by atoms with E-state index in [1.807, 2.05) is 0 Å². The molecule has 2 heteroatoms. The number of aryl methyl sites for hydroxylation is 3. The summed E-state index contributed by atoms with van der Waals surface area (Å²) in [4.78, 5) is 7.19. The van der Waals surface area contributed by atoms with Crippen LogP contribution >= 0.6 is 0 Å². The van der Waals surface area contributed by atoms with Gasteiger partial charge < -0.3 is 0 Å². The van der Waals surface area contributed by atoms with Crippen LogP contribution in [0.1, 0.15) is 27.9 Å². The third kappa shape index (κ3) is 3.18. The molecule has 0 bridgehead atoms. The maximum atomic E-state index is 4.86. The van der Waals surface area contributed by atoms with Gasteiger partial charge in [-0.1, -0.05) is 0 Å². The van der Waals surface area contributed by atoms with E-state index in [4.69, 9.17) is 4.98 Å². The first-order valence-electron chi connectivity index (χ1n) is 7.20. The fraction of sp³-hybridized carbons (Fsp3) is 0.211. The van der Waals surface area contributed by atoms with Crippen LogP contribution in [0.5, 0.6) is 0 Å². The molecule has 0 aliphatic heterocycles. The molecule has 0 amide bonds. The van der Waals surface area contributed by atoms with Crippen molar-refractivity contribution in [3.63, 3.8) is 0 Å². The average Bonchev–Trinajstić information content (AvgIpc) is 2.92.